The second-order valence-electron chi connectivity index (χ2n) is 6.78. The largest absolute Gasteiger partial charge is 0.486 e. The number of fused-ring (bicyclic) bond motifs is 1. The summed E-state index contributed by atoms with van der Waals surface area (Å²) in [6.45, 7) is 3.73. The molecule has 0 radical (unpaired) electrons. The van der Waals surface area contributed by atoms with Gasteiger partial charge in [0.2, 0.25) is 5.91 Å². The van der Waals surface area contributed by atoms with Crippen LogP contribution in [0.2, 0.25) is 0 Å². The highest BCUT2D eigenvalue weighted by Crippen LogP contribution is 2.36. The number of amides is 1. The van der Waals surface area contributed by atoms with Gasteiger partial charge in [0.25, 0.3) is 5.69 Å². The minimum Gasteiger partial charge on any atom is -0.486 e. The molecular weight excluding hydrogens is 420 g/mol. The van der Waals surface area contributed by atoms with Gasteiger partial charge in [0, 0.05) is 35.1 Å². The Morgan fingerprint density at radius 3 is 2.71 bits per heavy atom. The number of carbonyl (C=O) groups excluding carboxylic acids is 1. The molecule has 1 aromatic heterocycles. The summed E-state index contributed by atoms with van der Waals surface area (Å²) in [7, 11) is 0. The minimum absolute atomic E-state index is 0.108. The van der Waals surface area contributed by atoms with E-state index in [2.05, 4.69) is 4.98 Å². The summed E-state index contributed by atoms with van der Waals surface area (Å²) in [6, 6.07) is 10.0. The summed E-state index contributed by atoms with van der Waals surface area (Å²) in [6.07, 6.45) is 1.78. The average molecular weight is 440 g/mol. The van der Waals surface area contributed by atoms with Crippen molar-refractivity contribution in [3.05, 3.63) is 63.8 Å². The quantitative estimate of drug-likeness (QED) is 0.338. The van der Waals surface area contributed by atoms with Crippen molar-refractivity contribution in [2.45, 2.75) is 24.4 Å². The maximum atomic E-state index is 11.4. The standard InChI is InChI=1S/C21H20N4O5S/c1-2-24-17(13-5-6-18-19(10-13)30-8-7-29-18)11-23-21(24)31-12-15-4-3-14(20(22)26)9-16(15)25(27)28/h3-6,9-11H,2,7-8,12H2,1H3,(H2,22,26). The number of nitro groups is 1. The molecular formula is C21H20N4O5S. The van der Waals surface area contributed by atoms with Crippen LogP contribution in [0.3, 0.4) is 0 Å². The van der Waals surface area contributed by atoms with Gasteiger partial charge in [0.1, 0.15) is 13.2 Å². The second-order valence-corrected chi connectivity index (χ2v) is 7.72. The monoisotopic (exact) mass is 440 g/mol. The molecule has 160 valence electrons. The van der Waals surface area contributed by atoms with Crippen molar-refractivity contribution in [3.8, 4) is 22.8 Å². The number of primary amides is 1. The van der Waals surface area contributed by atoms with Gasteiger partial charge < -0.3 is 19.8 Å². The number of nitrogens with zero attached hydrogens (tertiary/aromatic N) is 3. The molecule has 9 nitrogen and oxygen atoms in total. The molecule has 0 aliphatic carbocycles. The zero-order valence-electron chi connectivity index (χ0n) is 16.7. The first-order valence-corrected chi connectivity index (χ1v) is 10.6. The van der Waals surface area contributed by atoms with E-state index in [1.165, 1.54) is 23.9 Å². The Kier molecular flexibility index (Phi) is 5.81. The maximum absolute atomic E-state index is 11.4. The van der Waals surface area contributed by atoms with Crippen LogP contribution in [0.4, 0.5) is 5.69 Å². The number of aromatic nitrogens is 2. The molecule has 10 heteroatoms. The van der Waals surface area contributed by atoms with E-state index in [9.17, 15) is 14.9 Å². The number of rotatable bonds is 7. The molecule has 1 aliphatic rings. The van der Waals surface area contributed by atoms with E-state index < -0.39 is 10.8 Å². The van der Waals surface area contributed by atoms with Crippen molar-refractivity contribution >= 4 is 23.4 Å². The number of benzene rings is 2. The highest BCUT2D eigenvalue weighted by molar-refractivity contribution is 7.98. The number of thioether (sulfide) groups is 1. The molecule has 0 fully saturated rings. The maximum Gasteiger partial charge on any atom is 0.274 e. The van der Waals surface area contributed by atoms with Crippen LogP contribution in [0.5, 0.6) is 11.5 Å². The van der Waals surface area contributed by atoms with E-state index in [0.717, 1.165) is 22.2 Å². The molecule has 0 saturated heterocycles. The molecule has 1 amide bonds. The molecule has 0 bridgehead atoms. The normalized spacial score (nSPS) is 12.5. The predicted octanol–water partition coefficient (Wildman–Crippen LogP) is 3.64. The summed E-state index contributed by atoms with van der Waals surface area (Å²) < 4.78 is 13.3. The number of nitrogens with two attached hydrogens (primary N) is 1. The van der Waals surface area contributed by atoms with Crippen molar-refractivity contribution in [2.24, 2.45) is 5.73 Å². The Bertz CT molecular complexity index is 1160. The van der Waals surface area contributed by atoms with E-state index in [0.29, 0.717) is 36.8 Å². The smallest absolute Gasteiger partial charge is 0.274 e. The van der Waals surface area contributed by atoms with Crippen molar-refractivity contribution in [1.29, 1.82) is 0 Å². The van der Waals surface area contributed by atoms with E-state index >= 15 is 0 Å². The lowest BCUT2D eigenvalue weighted by atomic mass is 10.1. The number of ether oxygens (including phenoxy) is 2. The fourth-order valence-corrected chi connectivity index (χ4v) is 4.40. The first kappa shape index (κ1) is 20.7. The summed E-state index contributed by atoms with van der Waals surface area (Å²) in [4.78, 5) is 26.8. The van der Waals surface area contributed by atoms with Crippen LogP contribution in [0, 0.1) is 10.1 Å². The van der Waals surface area contributed by atoms with E-state index in [1.54, 1.807) is 12.3 Å². The van der Waals surface area contributed by atoms with Crippen LogP contribution in [0.15, 0.2) is 47.8 Å². The van der Waals surface area contributed by atoms with Gasteiger partial charge in [-0.2, -0.15) is 0 Å². The van der Waals surface area contributed by atoms with Gasteiger partial charge >= 0.3 is 0 Å². The van der Waals surface area contributed by atoms with Crippen LogP contribution in [-0.2, 0) is 12.3 Å². The van der Waals surface area contributed by atoms with Gasteiger partial charge in [-0.15, -0.1) is 0 Å². The molecule has 3 aromatic rings. The third kappa shape index (κ3) is 4.19. The zero-order valence-corrected chi connectivity index (χ0v) is 17.6. The molecule has 2 N–H and O–H groups in total. The number of imidazole rings is 1. The van der Waals surface area contributed by atoms with Crippen LogP contribution in [0.25, 0.3) is 11.3 Å². The minimum atomic E-state index is -0.701. The van der Waals surface area contributed by atoms with Crippen molar-refractivity contribution < 1.29 is 19.2 Å². The van der Waals surface area contributed by atoms with Gasteiger partial charge in [-0.3, -0.25) is 14.9 Å². The fourth-order valence-electron chi connectivity index (χ4n) is 3.36. The molecule has 0 spiro atoms. The van der Waals surface area contributed by atoms with Gasteiger partial charge in [-0.25, -0.2) is 4.98 Å². The molecule has 31 heavy (non-hydrogen) atoms. The third-order valence-corrected chi connectivity index (χ3v) is 5.94. The Morgan fingerprint density at radius 2 is 2.00 bits per heavy atom. The van der Waals surface area contributed by atoms with Gasteiger partial charge in [-0.1, -0.05) is 17.8 Å². The SMILES string of the molecule is CCn1c(-c2ccc3c(c2)OCCO3)cnc1SCc1ccc(C(N)=O)cc1[N+](=O)[O-]. The number of carbonyl (C=O) groups is 1. The molecule has 2 aromatic carbocycles. The molecule has 0 unspecified atom stereocenters. The fraction of sp³-hybridized carbons (Fsp3) is 0.238. The second kappa shape index (κ2) is 8.68. The van der Waals surface area contributed by atoms with Crippen molar-refractivity contribution in [1.82, 2.24) is 9.55 Å². The summed E-state index contributed by atoms with van der Waals surface area (Å²) in [5.41, 5.74) is 7.57. The molecule has 0 atom stereocenters. The van der Waals surface area contributed by atoms with Gasteiger partial charge in [-0.05, 0) is 31.2 Å². The van der Waals surface area contributed by atoms with Gasteiger partial charge in [0.15, 0.2) is 16.7 Å². The number of nitro benzene ring substituents is 1. The van der Waals surface area contributed by atoms with Crippen LogP contribution in [0.1, 0.15) is 22.8 Å². The zero-order chi connectivity index (χ0) is 22.0. The van der Waals surface area contributed by atoms with Crippen molar-refractivity contribution in [2.75, 3.05) is 13.2 Å². The van der Waals surface area contributed by atoms with Crippen LogP contribution < -0.4 is 15.2 Å². The predicted molar refractivity (Wildman–Crippen MR) is 116 cm³/mol. The topological polar surface area (TPSA) is 123 Å². The number of hydrogen-bond acceptors (Lipinski definition) is 7. The summed E-state index contributed by atoms with van der Waals surface area (Å²) in [5.74, 6) is 1.05. The average Bonchev–Trinajstić information content (AvgIpc) is 3.20. The molecule has 1 aliphatic heterocycles. The van der Waals surface area contributed by atoms with Gasteiger partial charge in [0.05, 0.1) is 16.8 Å². The third-order valence-electron chi connectivity index (χ3n) is 4.90. The Labute approximate surface area is 182 Å². The van der Waals surface area contributed by atoms with Crippen LogP contribution in [-0.4, -0.2) is 33.6 Å². The Balaban J connectivity index is 1.59. The highest BCUT2D eigenvalue weighted by Gasteiger charge is 2.19. The molecule has 4 rings (SSSR count). The first-order valence-electron chi connectivity index (χ1n) is 9.63. The first-order chi connectivity index (χ1) is 15.0. The molecule has 2 heterocycles. The summed E-state index contributed by atoms with van der Waals surface area (Å²) >= 11 is 1.39. The lowest BCUT2D eigenvalue weighted by Crippen LogP contribution is -2.15. The Hall–Kier alpha value is -3.53. The highest BCUT2D eigenvalue weighted by atomic mass is 32.2. The number of hydrogen-bond donors (Lipinski definition) is 1. The molecule has 0 saturated carbocycles. The van der Waals surface area contributed by atoms with E-state index in [4.69, 9.17) is 15.2 Å². The summed E-state index contributed by atoms with van der Waals surface area (Å²) in [5, 5.41) is 12.2. The van der Waals surface area contributed by atoms with E-state index in [-0.39, 0.29) is 11.3 Å². The lowest BCUT2D eigenvalue weighted by Gasteiger charge is -2.19. The van der Waals surface area contributed by atoms with Crippen molar-refractivity contribution in [3.63, 3.8) is 0 Å². The van der Waals surface area contributed by atoms with E-state index in [1.807, 2.05) is 29.7 Å². The lowest BCUT2D eigenvalue weighted by molar-refractivity contribution is -0.385. The van der Waals surface area contributed by atoms with Crippen LogP contribution >= 0.6 is 11.8 Å². The Morgan fingerprint density at radius 1 is 1.23 bits per heavy atom.